The van der Waals surface area contributed by atoms with Gasteiger partial charge in [0.1, 0.15) is 5.75 Å². The van der Waals surface area contributed by atoms with Crippen molar-refractivity contribution in [2.45, 2.75) is 0 Å². The van der Waals surface area contributed by atoms with Crippen molar-refractivity contribution in [1.82, 2.24) is 5.32 Å². The predicted molar refractivity (Wildman–Crippen MR) is 109 cm³/mol. The number of carboxylic acid groups (broad SMARTS) is 2. The molecule has 0 aromatic heterocycles. The minimum Gasteiger partial charge on any atom is -0.482 e. The summed E-state index contributed by atoms with van der Waals surface area (Å²) in [6, 6.07) is 10.9. The first-order valence-corrected chi connectivity index (χ1v) is 9.28. The van der Waals surface area contributed by atoms with Gasteiger partial charge in [-0.1, -0.05) is 23.7 Å². The molecule has 0 unspecified atom stereocenters. The van der Waals surface area contributed by atoms with Crippen LogP contribution in [0.4, 0.5) is 5.69 Å². The van der Waals surface area contributed by atoms with Gasteiger partial charge < -0.3 is 20.3 Å². The van der Waals surface area contributed by atoms with Gasteiger partial charge in [-0.3, -0.25) is 4.79 Å². The van der Waals surface area contributed by atoms with E-state index >= 15 is 0 Å². The number of nitrogens with one attached hydrogen (secondary N) is 1. The molecule has 0 radical (unpaired) electrons. The Labute approximate surface area is 173 Å². The number of ether oxygens (including phenoxy) is 1. The van der Waals surface area contributed by atoms with Crippen LogP contribution in [0.2, 0.25) is 5.02 Å². The molecule has 1 amide bonds. The zero-order chi connectivity index (χ0) is 21.0. The number of halogens is 1. The maximum atomic E-state index is 12.2. The highest BCUT2D eigenvalue weighted by Gasteiger charge is 2.24. The van der Waals surface area contributed by atoms with E-state index in [-0.39, 0.29) is 16.5 Å². The van der Waals surface area contributed by atoms with Gasteiger partial charge in [0.25, 0.3) is 5.91 Å². The van der Waals surface area contributed by atoms with Crippen molar-refractivity contribution >= 4 is 58.1 Å². The summed E-state index contributed by atoms with van der Waals surface area (Å²) in [6.07, 6.45) is 1.65. The van der Waals surface area contributed by atoms with E-state index in [4.69, 9.17) is 26.6 Å². The van der Waals surface area contributed by atoms with E-state index in [1.807, 2.05) is 0 Å². The predicted octanol–water partition coefficient (Wildman–Crippen LogP) is 3.39. The summed E-state index contributed by atoms with van der Waals surface area (Å²) < 4.78 is 5.06. The highest BCUT2D eigenvalue weighted by Crippen LogP contribution is 2.29. The van der Waals surface area contributed by atoms with Crippen LogP contribution in [0.3, 0.4) is 0 Å². The topological polar surface area (TPSA) is 125 Å². The number of thioether (sulfide) groups is 1. The molecule has 8 nitrogen and oxygen atoms in total. The number of hydrogen-bond acceptors (Lipinski definition) is 6. The van der Waals surface area contributed by atoms with Crippen LogP contribution in [0.25, 0.3) is 6.08 Å². The van der Waals surface area contributed by atoms with Crippen molar-refractivity contribution in [3.63, 3.8) is 0 Å². The second-order valence-corrected chi connectivity index (χ2v) is 7.14. The molecule has 1 aliphatic rings. The standard InChI is InChI=1S/C19H13ClN2O6S/c20-14-6-3-11(8-13(14)18(26)27)21-19-22-17(25)15(29-19)7-10-1-4-12(5-2-10)28-9-16(23)24/h1-8H,9H2,(H,23,24)(H,26,27)(H,21,22,25)/b15-7-. The van der Waals surface area contributed by atoms with Gasteiger partial charge in [-0.15, -0.1) is 0 Å². The molecule has 0 aliphatic carbocycles. The van der Waals surface area contributed by atoms with Crippen LogP contribution in [0.5, 0.6) is 5.75 Å². The molecule has 1 fully saturated rings. The maximum absolute atomic E-state index is 12.2. The SMILES string of the molecule is O=C(O)COc1ccc(/C=C2\SC(=Nc3ccc(Cl)c(C(=O)O)c3)NC2=O)cc1. The first kappa shape index (κ1) is 20.4. The molecular weight excluding hydrogens is 420 g/mol. The number of hydrogen-bond donors (Lipinski definition) is 3. The number of amides is 1. The summed E-state index contributed by atoms with van der Waals surface area (Å²) >= 11 is 6.95. The number of aliphatic carboxylic acids is 1. The summed E-state index contributed by atoms with van der Waals surface area (Å²) in [5.74, 6) is -2.18. The molecule has 10 heteroatoms. The van der Waals surface area contributed by atoms with Crippen molar-refractivity contribution in [1.29, 1.82) is 0 Å². The van der Waals surface area contributed by atoms with Gasteiger partial charge >= 0.3 is 11.9 Å². The number of carbonyl (C=O) groups is 3. The third-order valence-corrected chi connectivity index (χ3v) is 4.84. The van der Waals surface area contributed by atoms with Crippen molar-refractivity contribution < 1.29 is 29.3 Å². The van der Waals surface area contributed by atoms with Crippen LogP contribution in [0, 0.1) is 0 Å². The fraction of sp³-hybridized carbons (Fsp3) is 0.0526. The summed E-state index contributed by atoms with van der Waals surface area (Å²) in [7, 11) is 0. The zero-order valence-electron chi connectivity index (χ0n) is 14.6. The quantitative estimate of drug-likeness (QED) is 0.597. The van der Waals surface area contributed by atoms with E-state index < -0.39 is 18.5 Å². The lowest BCUT2D eigenvalue weighted by molar-refractivity contribution is -0.139. The van der Waals surface area contributed by atoms with Crippen LogP contribution in [-0.2, 0) is 9.59 Å². The first-order valence-electron chi connectivity index (χ1n) is 8.09. The van der Waals surface area contributed by atoms with Gasteiger partial charge in [0.05, 0.1) is 21.2 Å². The molecule has 2 aromatic carbocycles. The lowest BCUT2D eigenvalue weighted by Gasteiger charge is -2.03. The molecule has 3 rings (SSSR count). The van der Waals surface area contributed by atoms with Crippen LogP contribution >= 0.6 is 23.4 Å². The highest BCUT2D eigenvalue weighted by atomic mass is 35.5. The average molecular weight is 433 g/mol. The molecule has 1 heterocycles. The van der Waals surface area contributed by atoms with E-state index in [2.05, 4.69) is 10.3 Å². The van der Waals surface area contributed by atoms with E-state index in [1.165, 1.54) is 12.1 Å². The second-order valence-electron chi connectivity index (χ2n) is 5.70. The van der Waals surface area contributed by atoms with Crippen molar-refractivity contribution in [2.75, 3.05) is 6.61 Å². The van der Waals surface area contributed by atoms with Crippen LogP contribution in [0.1, 0.15) is 15.9 Å². The Hall–Kier alpha value is -3.30. The number of benzene rings is 2. The fourth-order valence-corrected chi connectivity index (χ4v) is 3.34. The zero-order valence-corrected chi connectivity index (χ0v) is 16.2. The van der Waals surface area contributed by atoms with Gasteiger partial charge in [-0.25, -0.2) is 14.6 Å². The van der Waals surface area contributed by atoms with Gasteiger partial charge in [0.15, 0.2) is 11.8 Å². The Balaban J connectivity index is 1.74. The number of nitrogens with zero attached hydrogens (tertiary/aromatic N) is 1. The number of aliphatic imine (C=N–C) groups is 1. The van der Waals surface area contributed by atoms with Crippen LogP contribution < -0.4 is 10.1 Å². The lowest BCUT2D eigenvalue weighted by Crippen LogP contribution is -2.19. The lowest BCUT2D eigenvalue weighted by atomic mass is 10.2. The number of rotatable bonds is 6. The molecule has 0 atom stereocenters. The largest absolute Gasteiger partial charge is 0.482 e. The highest BCUT2D eigenvalue weighted by molar-refractivity contribution is 8.18. The Morgan fingerprint density at radius 2 is 1.90 bits per heavy atom. The Kier molecular flexibility index (Phi) is 6.20. The van der Waals surface area contributed by atoms with Crippen LogP contribution in [-0.4, -0.2) is 39.8 Å². The van der Waals surface area contributed by atoms with Gasteiger partial charge in [-0.05, 0) is 53.7 Å². The average Bonchev–Trinajstić information content (AvgIpc) is 3.01. The first-order chi connectivity index (χ1) is 13.8. The number of carboxylic acids is 2. The molecule has 148 valence electrons. The smallest absolute Gasteiger partial charge is 0.341 e. The van der Waals surface area contributed by atoms with Crippen molar-refractivity contribution in [3.8, 4) is 5.75 Å². The molecule has 0 spiro atoms. The maximum Gasteiger partial charge on any atom is 0.341 e. The van der Waals surface area contributed by atoms with Gasteiger partial charge in [-0.2, -0.15) is 0 Å². The number of amidine groups is 1. The van der Waals surface area contributed by atoms with Gasteiger partial charge in [0.2, 0.25) is 0 Å². The molecule has 2 aromatic rings. The van der Waals surface area contributed by atoms with E-state index in [0.717, 1.165) is 11.8 Å². The molecular formula is C19H13ClN2O6S. The van der Waals surface area contributed by atoms with E-state index in [0.29, 0.717) is 27.1 Å². The Bertz CT molecular complexity index is 1050. The summed E-state index contributed by atoms with van der Waals surface area (Å²) in [5.41, 5.74) is 0.978. The van der Waals surface area contributed by atoms with Crippen molar-refractivity contribution in [3.05, 3.63) is 63.5 Å². The second kappa shape index (κ2) is 8.80. The normalized spacial score (nSPS) is 16.1. The molecule has 29 heavy (non-hydrogen) atoms. The molecule has 1 saturated heterocycles. The van der Waals surface area contributed by atoms with E-state index in [9.17, 15) is 14.4 Å². The summed E-state index contributed by atoms with van der Waals surface area (Å²) in [6.45, 7) is -0.438. The molecule has 1 aliphatic heterocycles. The minimum atomic E-state index is -1.17. The third-order valence-electron chi connectivity index (χ3n) is 3.60. The summed E-state index contributed by atoms with van der Waals surface area (Å²) in [4.78, 5) is 38.5. The van der Waals surface area contributed by atoms with E-state index in [1.54, 1.807) is 36.4 Å². The molecule has 0 bridgehead atoms. The third kappa shape index (κ3) is 5.37. The Morgan fingerprint density at radius 3 is 2.55 bits per heavy atom. The monoisotopic (exact) mass is 432 g/mol. The van der Waals surface area contributed by atoms with Crippen molar-refractivity contribution in [2.24, 2.45) is 4.99 Å². The van der Waals surface area contributed by atoms with Gasteiger partial charge in [0, 0.05) is 0 Å². The van der Waals surface area contributed by atoms with Crippen LogP contribution in [0.15, 0.2) is 52.4 Å². The minimum absolute atomic E-state index is 0.0798. The Morgan fingerprint density at radius 1 is 1.17 bits per heavy atom. The number of aromatic carboxylic acids is 1. The number of carbonyl (C=O) groups excluding carboxylic acids is 1. The summed E-state index contributed by atoms with van der Waals surface area (Å²) in [5, 5.41) is 20.8. The molecule has 0 saturated carbocycles. The molecule has 3 N–H and O–H groups in total. The fourth-order valence-electron chi connectivity index (χ4n) is 2.30.